The first-order chi connectivity index (χ1) is 8.65. The van der Waals surface area contributed by atoms with Crippen molar-refractivity contribution in [3.63, 3.8) is 0 Å². The molecule has 2 rings (SSSR count). The van der Waals surface area contributed by atoms with Crippen LogP contribution in [0.3, 0.4) is 0 Å². The van der Waals surface area contributed by atoms with Gasteiger partial charge in [-0.25, -0.2) is 0 Å². The predicted octanol–water partition coefficient (Wildman–Crippen LogP) is 2.41. The molecule has 1 heterocycles. The third-order valence-electron chi connectivity index (χ3n) is 2.85. The van der Waals surface area contributed by atoms with Crippen LogP contribution in [0.5, 0.6) is 0 Å². The fraction of sp³-hybridized carbons (Fsp3) is 0.308. The second kappa shape index (κ2) is 5.65. The molecule has 1 N–H and O–H groups in total. The maximum absolute atomic E-state index is 10.5. The third-order valence-corrected chi connectivity index (χ3v) is 3.46. The van der Waals surface area contributed by atoms with Crippen molar-refractivity contribution >= 4 is 15.9 Å². The lowest BCUT2D eigenvalue weighted by atomic mass is 10.0. The van der Waals surface area contributed by atoms with Crippen LogP contribution in [-0.2, 0) is 18.4 Å². The third kappa shape index (κ3) is 2.48. The summed E-state index contributed by atoms with van der Waals surface area (Å²) in [5, 5.41) is 14.6. The smallest absolute Gasteiger partial charge is 0.122 e. The Morgan fingerprint density at radius 1 is 1.44 bits per heavy atom. The molecule has 0 spiro atoms. The van der Waals surface area contributed by atoms with Crippen LogP contribution in [0.25, 0.3) is 0 Å². The summed E-state index contributed by atoms with van der Waals surface area (Å²) in [5.74, 6) is 0. The molecular formula is C13H15BrN2O2. The molecule has 0 saturated carbocycles. The number of aromatic nitrogens is 2. The number of aliphatic hydroxyl groups is 1. The van der Waals surface area contributed by atoms with Gasteiger partial charge in [-0.15, -0.1) is 0 Å². The van der Waals surface area contributed by atoms with E-state index in [4.69, 9.17) is 4.74 Å². The lowest BCUT2D eigenvalue weighted by Gasteiger charge is -2.16. The van der Waals surface area contributed by atoms with Crippen LogP contribution in [0.2, 0.25) is 0 Å². The maximum atomic E-state index is 10.5. The van der Waals surface area contributed by atoms with E-state index in [9.17, 15) is 5.11 Å². The van der Waals surface area contributed by atoms with Crippen LogP contribution in [0.15, 0.2) is 34.9 Å². The first kappa shape index (κ1) is 13.3. The van der Waals surface area contributed by atoms with E-state index in [0.29, 0.717) is 6.61 Å². The number of hydrogen-bond acceptors (Lipinski definition) is 3. The molecule has 2 aromatic rings. The Balaban J connectivity index is 2.43. The Bertz CT molecular complexity index is 520. The van der Waals surface area contributed by atoms with Gasteiger partial charge in [-0.2, -0.15) is 5.10 Å². The molecule has 0 radical (unpaired) electrons. The van der Waals surface area contributed by atoms with E-state index < -0.39 is 6.10 Å². The fourth-order valence-corrected chi connectivity index (χ4v) is 2.53. The van der Waals surface area contributed by atoms with E-state index in [1.54, 1.807) is 18.0 Å². The van der Waals surface area contributed by atoms with Crippen molar-refractivity contribution in [1.29, 1.82) is 0 Å². The van der Waals surface area contributed by atoms with Gasteiger partial charge in [0.1, 0.15) is 6.10 Å². The molecule has 1 aromatic carbocycles. The average Bonchev–Trinajstić information content (AvgIpc) is 2.69. The summed E-state index contributed by atoms with van der Waals surface area (Å²) in [7, 11) is 3.45. The summed E-state index contributed by atoms with van der Waals surface area (Å²) in [6.45, 7) is 0.475. The fourth-order valence-electron chi connectivity index (χ4n) is 1.96. The number of methoxy groups -OCH3 is 1. The number of nitrogens with zero attached hydrogens (tertiary/aromatic N) is 2. The van der Waals surface area contributed by atoms with Gasteiger partial charge in [-0.05, 0) is 27.1 Å². The van der Waals surface area contributed by atoms with E-state index in [1.165, 1.54) is 0 Å². The van der Waals surface area contributed by atoms with Crippen LogP contribution in [0.1, 0.15) is 22.9 Å². The van der Waals surface area contributed by atoms with Gasteiger partial charge in [0.15, 0.2) is 0 Å². The zero-order valence-corrected chi connectivity index (χ0v) is 11.9. The summed E-state index contributed by atoms with van der Waals surface area (Å²) in [6.07, 6.45) is 0.954. The second-order valence-corrected chi connectivity index (χ2v) is 4.89. The Morgan fingerprint density at radius 2 is 2.17 bits per heavy atom. The van der Waals surface area contributed by atoms with E-state index in [2.05, 4.69) is 21.0 Å². The minimum absolute atomic E-state index is 0.475. The van der Waals surface area contributed by atoms with Crippen molar-refractivity contribution in [3.05, 3.63) is 51.8 Å². The second-order valence-electron chi connectivity index (χ2n) is 4.04. The van der Waals surface area contributed by atoms with Gasteiger partial charge in [0.2, 0.25) is 0 Å². The molecular weight excluding hydrogens is 296 g/mol. The molecule has 0 fully saturated rings. The van der Waals surface area contributed by atoms with Gasteiger partial charge >= 0.3 is 0 Å². The van der Waals surface area contributed by atoms with Crippen LogP contribution in [0, 0.1) is 0 Å². The summed E-state index contributed by atoms with van der Waals surface area (Å²) in [5.41, 5.74) is 2.54. The lowest BCUT2D eigenvalue weighted by Crippen LogP contribution is -2.10. The summed E-state index contributed by atoms with van der Waals surface area (Å²) in [4.78, 5) is 0. The van der Waals surface area contributed by atoms with Crippen molar-refractivity contribution in [3.8, 4) is 0 Å². The molecule has 1 atom stereocenters. The van der Waals surface area contributed by atoms with Gasteiger partial charge < -0.3 is 9.84 Å². The SMILES string of the molecule is COCc1ccccc1C(O)c1c(Br)cnn1C. The minimum Gasteiger partial charge on any atom is -0.382 e. The van der Waals surface area contributed by atoms with Gasteiger partial charge in [-0.3, -0.25) is 4.68 Å². The van der Waals surface area contributed by atoms with Crippen LogP contribution >= 0.6 is 15.9 Å². The van der Waals surface area contributed by atoms with Crippen molar-refractivity contribution in [2.45, 2.75) is 12.7 Å². The molecule has 0 bridgehead atoms. The van der Waals surface area contributed by atoms with Crippen LogP contribution < -0.4 is 0 Å². The van der Waals surface area contributed by atoms with Gasteiger partial charge in [0.05, 0.1) is 23.0 Å². The Kier molecular flexibility index (Phi) is 4.16. The number of benzene rings is 1. The monoisotopic (exact) mass is 310 g/mol. The highest BCUT2D eigenvalue weighted by Gasteiger charge is 2.20. The minimum atomic E-state index is -0.724. The largest absolute Gasteiger partial charge is 0.382 e. The quantitative estimate of drug-likeness (QED) is 0.943. The molecule has 18 heavy (non-hydrogen) atoms. The number of halogens is 1. The number of aliphatic hydroxyl groups excluding tert-OH is 1. The predicted molar refractivity (Wildman–Crippen MR) is 72.1 cm³/mol. The zero-order chi connectivity index (χ0) is 13.1. The van der Waals surface area contributed by atoms with E-state index >= 15 is 0 Å². The first-order valence-electron chi connectivity index (χ1n) is 5.57. The van der Waals surface area contributed by atoms with E-state index in [-0.39, 0.29) is 0 Å². The highest BCUT2D eigenvalue weighted by atomic mass is 79.9. The first-order valence-corrected chi connectivity index (χ1v) is 6.36. The highest BCUT2D eigenvalue weighted by Crippen LogP contribution is 2.30. The van der Waals surface area contributed by atoms with Crippen molar-refractivity contribution in [1.82, 2.24) is 9.78 Å². The Labute approximate surface area is 114 Å². The van der Waals surface area contributed by atoms with Gasteiger partial charge in [0, 0.05) is 14.2 Å². The lowest BCUT2D eigenvalue weighted by molar-refractivity contribution is 0.174. The number of ether oxygens (including phenoxy) is 1. The Hall–Kier alpha value is -1.17. The van der Waals surface area contributed by atoms with Crippen molar-refractivity contribution in [2.75, 3.05) is 7.11 Å². The topological polar surface area (TPSA) is 47.3 Å². The molecule has 0 aliphatic carbocycles. The standard InChI is InChI=1S/C13H15BrN2O2/c1-16-12(11(14)7-15-16)13(17)10-6-4-3-5-9(10)8-18-2/h3-7,13,17H,8H2,1-2H3. The maximum Gasteiger partial charge on any atom is 0.122 e. The summed E-state index contributed by atoms with van der Waals surface area (Å²) < 4.78 is 7.61. The molecule has 96 valence electrons. The molecule has 4 nitrogen and oxygen atoms in total. The average molecular weight is 311 g/mol. The van der Waals surface area contributed by atoms with Gasteiger partial charge in [-0.1, -0.05) is 24.3 Å². The summed E-state index contributed by atoms with van der Waals surface area (Å²) in [6, 6.07) is 7.69. The molecule has 0 saturated heterocycles. The number of aryl methyl sites for hydroxylation is 1. The summed E-state index contributed by atoms with van der Waals surface area (Å²) >= 11 is 3.40. The van der Waals surface area contributed by atoms with Crippen LogP contribution in [-0.4, -0.2) is 22.0 Å². The van der Waals surface area contributed by atoms with E-state index in [0.717, 1.165) is 21.3 Å². The van der Waals surface area contributed by atoms with Crippen molar-refractivity contribution in [2.24, 2.45) is 7.05 Å². The molecule has 0 aliphatic rings. The van der Waals surface area contributed by atoms with Crippen LogP contribution in [0.4, 0.5) is 0 Å². The molecule has 1 unspecified atom stereocenters. The van der Waals surface area contributed by atoms with E-state index in [1.807, 2.05) is 31.3 Å². The molecule has 0 aliphatic heterocycles. The molecule has 1 aromatic heterocycles. The molecule has 5 heteroatoms. The van der Waals surface area contributed by atoms with Gasteiger partial charge in [0.25, 0.3) is 0 Å². The number of rotatable bonds is 4. The van der Waals surface area contributed by atoms with Crippen molar-refractivity contribution < 1.29 is 9.84 Å². The Morgan fingerprint density at radius 3 is 2.78 bits per heavy atom. The highest BCUT2D eigenvalue weighted by molar-refractivity contribution is 9.10. The normalized spacial score (nSPS) is 12.7. The molecule has 0 amide bonds. The number of hydrogen-bond donors (Lipinski definition) is 1. The zero-order valence-electron chi connectivity index (χ0n) is 10.3.